The second-order valence-electron chi connectivity index (χ2n) is 4.25. The van der Waals surface area contributed by atoms with Gasteiger partial charge in [0.25, 0.3) is 0 Å². The van der Waals surface area contributed by atoms with E-state index >= 15 is 0 Å². The summed E-state index contributed by atoms with van der Waals surface area (Å²) < 4.78 is 0.363. The van der Waals surface area contributed by atoms with E-state index in [4.69, 9.17) is 0 Å². The maximum Gasteiger partial charge on any atom is 0.421 e. The molecule has 1 fully saturated rings. The molecule has 1 radical (unpaired) electrons. The van der Waals surface area contributed by atoms with Crippen LogP contribution in [0, 0.1) is 6.07 Å². The molecule has 0 unspecified atom stereocenters. The lowest BCUT2D eigenvalue weighted by atomic mass is 10.2. The lowest BCUT2D eigenvalue weighted by molar-refractivity contribution is 0.191. The number of piperazine rings is 1. The molecule has 0 spiro atoms. The van der Waals surface area contributed by atoms with E-state index in [1.807, 2.05) is 31.2 Å². The summed E-state index contributed by atoms with van der Waals surface area (Å²) in [7, 11) is 0. The molecule has 2 N–H and O–H groups in total. The minimum absolute atomic E-state index is 0.0800. The molecule has 0 aromatic heterocycles. The first kappa shape index (κ1) is 12.1. The van der Waals surface area contributed by atoms with E-state index in [1.54, 1.807) is 0 Å². The van der Waals surface area contributed by atoms with Crippen LogP contribution < -0.4 is 15.1 Å². The highest BCUT2D eigenvalue weighted by Gasteiger charge is 2.40. The van der Waals surface area contributed by atoms with Gasteiger partial charge in [0.2, 0.25) is 0 Å². The highest BCUT2D eigenvalue weighted by Crippen LogP contribution is 2.23. The number of rotatable bonds is 2. The Morgan fingerprint density at radius 3 is 2.82 bits per heavy atom. The largest absolute Gasteiger partial charge is 0.421 e. The van der Waals surface area contributed by atoms with Crippen molar-refractivity contribution < 1.29 is 4.79 Å². The second kappa shape index (κ2) is 5.29. The van der Waals surface area contributed by atoms with Gasteiger partial charge >= 0.3 is 6.03 Å². The normalized spacial score (nSPS) is 18.6. The number of hydrogen-bond donors (Lipinski definition) is 2. The molecule has 4 heteroatoms. The highest BCUT2D eigenvalue weighted by atomic mass is 16.2. The Morgan fingerprint density at radius 2 is 2.24 bits per heavy atom. The molecule has 1 saturated heterocycles. The Bertz CT molecular complexity index is 372. The fourth-order valence-corrected chi connectivity index (χ4v) is 2.28. The molecule has 0 aliphatic carbocycles. The molecule has 1 aliphatic heterocycles. The summed E-state index contributed by atoms with van der Waals surface area (Å²) in [5.41, 5.74) is 0.958. The molecule has 0 bridgehead atoms. The number of quaternary nitrogens is 1. The second-order valence-corrected chi connectivity index (χ2v) is 4.25. The van der Waals surface area contributed by atoms with Crippen molar-refractivity contribution in [3.05, 3.63) is 30.3 Å². The van der Waals surface area contributed by atoms with Crippen molar-refractivity contribution in [3.63, 3.8) is 0 Å². The number of amides is 2. The van der Waals surface area contributed by atoms with E-state index in [1.165, 1.54) is 0 Å². The van der Waals surface area contributed by atoms with Gasteiger partial charge in [-0.2, -0.15) is 0 Å². The molecular weight excluding hydrogens is 214 g/mol. The Balaban J connectivity index is 2.33. The first-order valence-electron chi connectivity index (χ1n) is 6.13. The Kier molecular flexibility index (Phi) is 3.76. The predicted molar refractivity (Wildman–Crippen MR) is 68.7 cm³/mol. The molecule has 2 rings (SSSR count). The molecular formula is C13H19N3O+. The smallest absolute Gasteiger partial charge is 0.306 e. The van der Waals surface area contributed by atoms with Crippen LogP contribution in [-0.4, -0.2) is 38.8 Å². The summed E-state index contributed by atoms with van der Waals surface area (Å²) in [6.07, 6.45) is 0. The van der Waals surface area contributed by atoms with Gasteiger partial charge in [0.15, 0.2) is 0 Å². The fraction of sp³-hybridized carbons (Fsp3) is 0.462. The Morgan fingerprint density at radius 1 is 1.47 bits per heavy atom. The molecule has 17 heavy (non-hydrogen) atoms. The van der Waals surface area contributed by atoms with Crippen molar-refractivity contribution in [2.24, 2.45) is 0 Å². The lowest BCUT2D eigenvalue weighted by Crippen LogP contribution is -2.66. The first-order valence-corrected chi connectivity index (χ1v) is 6.13. The minimum atomic E-state index is 0.0800. The third-order valence-corrected chi connectivity index (χ3v) is 3.21. The van der Waals surface area contributed by atoms with Gasteiger partial charge in [-0.15, -0.1) is 0 Å². The van der Waals surface area contributed by atoms with E-state index in [9.17, 15) is 4.79 Å². The average molecular weight is 233 g/mol. The van der Waals surface area contributed by atoms with E-state index < -0.39 is 0 Å². The van der Waals surface area contributed by atoms with Gasteiger partial charge < -0.3 is 10.6 Å². The van der Waals surface area contributed by atoms with Crippen molar-refractivity contribution in [1.82, 2.24) is 15.1 Å². The van der Waals surface area contributed by atoms with Crippen molar-refractivity contribution >= 4 is 11.7 Å². The van der Waals surface area contributed by atoms with E-state index in [0.717, 1.165) is 31.9 Å². The molecule has 2 amide bonds. The third-order valence-electron chi connectivity index (χ3n) is 3.21. The summed E-state index contributed by atoms with van der Waals surface area (Å²) in [6.45, 7) is 5.91. The minimum Gasteiger partial charge on any atom is -0.306 e. The van der Waals surface area contributed by atoms with Crippen LogP contribution in [0.25, 0.3) is 0 Å². The van der Waals surface area contributed by atoms with Gasteiger partial charge in [-0.25, -0.2) is 9.28 Å². The van der Waals surface area contributed by atoms with Crippen LogP contribution in [-0.2, 0) is 0 Å². The van der Waals surface area contributed by atoms with Crippen molar-refractivity contribution in [1.29, 1.82) is 0 Å². The highest BCUT2D eigenvalue weighted by molar-refractivity contribution is 5.87. The van der Waals surface area contributed by atoms with Crippen LogP contribution >= 0.6 is 0 Å². The summed E-state index contributed by atoms with van der Waals surface area (Å²) in [4.78, 5) is 12.3. The van der Waals surface area contributed by atoms with Gasteiger partial charge in [0, 0.05) is 31.8 Å². The van der Waals surface area contributed by atoms with E-state index in [2.05, 4.69) is 16.7 Å². The van der Waals surface area contributed by atoms with Crippen LogP contribution in [0.5, 0.6) is 0 Å². The molecule has 1 heterocycles. The van der Waals surface area contributed by atoms with Crippen LogP contribution in [0.1, 0.15) is 6.92 Å². The molecule has 1 aliphatic rings. The van der Waals surface area contributed by atoms with Crippen molar-refractivity contribution in [2.45, 2.75) is 6.92 Å². The molecule has 1 aromatic rings. The quantitative estimate of drug-likeness (QED) is 0.752. The van der Waals surface area contributed by atoms with Crippen LogP contribution in [0.4, 0.5) is 10.5 Å². The molecule has 4 nitrogen and oxygen atoms in total. The van der Waals surface area contributed by atoms with Crippen molar-refractivity contribution in [2.75, 3.05) is 32.7 Å². The molecule has 0 saturated carbocycles. The van der Waals surface area contributed by atoms with Gasteiger partial charge in [-0.1, -0.05) is 12.1 Å². The van der Waals surface area contributed by atoms with Crippen LogP contribution in [0.2, 0.25) is 0 Å². The number of hydrogen-bond acceptors (Lipinski definition) is 2. The number of para-hydroxylation sites is 1. The fourth-order valence-electron chi connectivity index (χ4n) is 2.28. The SMILES string of the molecule is CCNC(=O)[N+]1(c2[c]cccc2)CCNCC1. The van der Waals surface area contributed by atoms with Gasteiger partial charge in [0.05, 0.1) is 0 Å². The Hall–Kier alpha value is -1.39. The molecule has 0 atom stereocenters. The first-order chi connectivity index (χ1) is 8.29. The van der Waals surface area contributed by atoms with Crippen LogP contribution in [0.15, 0.2) is 24.3 Å². The van der Waals surface area contributed by atoms with E-state index in [-0.39, 0.29) is 6.03 Å². The number of carbonyl (C=O) groups is 1. The van der Waals surface area contributed by atoms with Gasteiger partial charge in [-0.05, 0) is 13.0 Å². The standard InChI is InChI=1S/C13H18N3O/c1-2-15-13(17)16(10-8-14-9-11-16)12-6-4-3-5-7-12/h3-6,14H,2,8-11H2,1H3/p+1. The van der Waals surface area contributed by atoms with Crippen LogP contribution in [0.3, 0.4) is 0 Å². The zero-order valence-electron chi connectivity index (χ0n) is 10.2. The zero-order chi connectivity index (χ0) is 12.1. The van der Waals surface area contributed by atoms with E-state index in [0.29, 0.717) is 11.0 Å². The topological polar surface area (TPSA) is 41.1 Å². The number of carbonyl (C=O) groups excluding carboxylic acids is 1. The van der Waals surface area contributed by atoms with Gasteiger partial charge in [-0.3, -0.25) is 0 Å². The molecule has 1 aromatic carbocycles. The summed E-state index contributed by atoms with van der Waals surface area (Å²) >= 11 is 0. The summed E-state index contributed by atoms with van der Waals surface area (Å²) in [6, 6.07) is 11.0. The monoisotopic (exact) mass is 233 g/mol. The lowest BCUT2D eigenvalue weighted by Gasteiger charge is -2.37. The maximum atomic E-state index is 12.3. The van der Waals surface area contributed by atoms with Crippen molar-refractivity contribution in [3.8, 4) is 0 Å². The predicted octanol–water partition coefficient (Wildman–Crippen LogP) is 1.13. The summed E-state index contributed by atoms with van der Waals surface area (Å²) in [5, 5.41) is 6.24. The number of nitrogens with zero attached hydrogens (tertiary/aromatic N) is 1. The average Bonchev–Trinajstić information content (AvgIpc) is 2.41. The Labute approximate surface area is 102 Å². The third kappa shape index (κ3) is 2.33. The maximum absolute atomic E-state index is 12.3. The number of urea groups is 1. The zero-order valence-corrected chi connectivity index (χ0v) is 10.2. The molecule has 91 valence electrons. The van der Waals surface area contributed by atoms with Gasteiger partial charge in [0.1, 0.15) is 18.8 Å². The summed E-state index contributed by atoms with van der Waals surface area (Å²) in [5.74, 6) is 0. The number of nitrogens with one attached hydrogen (secondary N) is 2. The number of benzene rings is 1.